The molecule has 0 unspecified atom stereocenters. The fourth-order valence-corrected chi connectivity index (χ4v) is 1.72. The van der Waals surface area contributed by atoms with Crippen molar-refractivity contribution in [1.29, 1.82) is 0 Å². The van der Waals surface area contributed by atoms with E-state index < -0.39 is 0 Å². The van der Waals surface area contributed by atoms with Crippen molar-refractivity contribution < 1.29 is 5.11 Å². The molecule has 0 spiro atoms. The maximum Gasteiger partial charge on any atom is 0.0472 e. The molecule has 0 saturated carbocycles. The minimum Gasteiger partial charge on any atom is -0.396 e. The van der Waals surface area contributed by atoms with Crippen molar-refractivity contribution in [2.75, 3.05) is 24.6 Å². The molecule has 0 amide bonds. The van der Waals surface area contributed by atoms with Gasteiger partial charge in [-0.3, -0.25) is 0 Å². The third kappa shape index (κ3) is 2.48. The average Bonchev–Trinajstić information content (AvgIpc) is 2.23. The molecule has 0 bridgehead atoms. The zero-order valence-corrected chi connectivity index (χ0v) is 9.03. The molecule has 78 valence electrons. The third-order valence-corrected chi connectivity index (χ3v) is 2.48. The lowest BCUT2D eigenvalue weighted by molar-refractivity contribution is 0.299. The molecule has 0 aliphatic carbocycles. The molecule has 1 aromatic carbocycles. The quantitative estimate of drug-likeness (QED) is 0.773. The molecule has 0 saturated heterocycles. The van der Waals surface area contributed by atoms with E-state index in [0.29, 0.717) is 0 Å². The van der Waals surface area contributed by atoms with Crippen LogP contribution in [-0.4, -0.2) is 24.8 Å². The average molecular weight is 193 g/mol. The van der Waals surface area contributed by atoms with Crippen LogP contribution in [0.4, 0.5) is 5.69 Å². The lowest BCUT2D eigenvalue weighted by Crippen LogP contribution is -2.23. The van der Waals surface area contributed by atoms with E-state index in [1.165, 1.54) is 11.3 Å². The van der Waals surface area contributed by atoms with Crippen LogP contribution >= 0.6 is 0 Å². The maximum absolute atomic E-state index is 8.95. The predicted octanol–water partition coefficient (Wildman–Crippen LogP) is 2.07. The molecular weight excluding hydrogens is 174 g/mol. The first-order chi connectivity index (χ1) is 6.83. The summed E-state index contributed by atoms with van der Waals surface area (Å²) in [6.07, 6.45) is 0.743. The number of hydrogen-bond donors (Lipinski definition) is 1. The van der Waals surface area contributed by atoms with Crippen molar-refractivity contribution in [2.45, 2.75) is 20.3 Å². The van der Waals surface area contributed by atoms with Crippen molar-refractivity contribution in [2.24, 2.45) is 0 Å². The summed E-state index contributed by atoms with van der Waals surface area (Å²) in [6, 6.07) is 8.29. The summed E-state index contributed by atoms with van der Waals surface area (Å²) in [5, 5.41) is 8.95. The van der Waals surface area contributed by atoms with Crippen LogP contribution in [0.25, 0.3) is 0 Å². The highest BCUT2D eigenvalue weighted by atomic mass is 16.2. The van der Waals surface area contributed by atoms with Crippen LogP contribution in [0.5, 0.6) is 0 Å². The summed E-state index contributed by atoms with van der Waals surface area (Å²) in [6.45, 7) is 6.55. The molecule has 0 heterocycles. The molecule has 1 rings (SSSR count). The van der Waals surface area contributed by atoms with E-state index in [4.69, 9.17) is 5.11 Å². The van der Waals surface area contributed by atoms with E-state index in [1.54, 1.807) is 0 Å². The van der Waals surface area contributed by atoms with Crippen molar-refractivity contribution in [3.8, 4) is 0 Å². The van der Waals surface area contributed by atoms with Gasteiger partial charge in [0.15, 0.2) is 0 Å². The van der Waals surface area contributed by atoms with Crippen LogP contribution in [0.1, 0.15) is 19.4 Å². The Balaban J connectivity index is 2.92. The zero-order valence-electron chi connectivity index (χ0n) is 9.03. The first-order valence-electron chi connectivity index (χ1n) is 5.27. The van der Waals surface area contributed by atoms with Gasteiger partial charge in [-0.25, -0.2) is 0 Å². The number of benzene rings is 1. The molecular formula is C12H19NO. The number of rotatable bonds is 5. The molecule has 0 radical (unpaired) electrons. The largest absolute Gasteiger partial charge is 0.396 e. The second-order valence-electron chi connectivity index (χ2n) is 3.27. The van der Waals surface area contributed by atoms with Gasteiger partial charge in [-0.2, -0.15) is 0 Å². The lowest BCUT2D eigenvalue weighted by atomic mass is 10.1. The van der Waals surface area contributed by atoms with Crippen molar-refractivity contribution >= 4 is 5.69 Å². The van der Waals surface area contributed by atoms with Crippen LogP contribution in [0.3, 0.4) is 0 Å². The van der Waals surface area contributed by atoms with Crippen molar-refractivity contribution in [3.63, 3.8) is 0 Å². The summed E-state index contributed by atoms with van der Waals surface area (Å²) >= 11 is 0. The third-order valence-electron chi connectivity index (χ3n) is 2.48. The molecule has 0 atom stereocenters. The fraction of sp³-hybridized carbons (Fsp3) is 0.500. The Morgan fingerprint density at radius 3 is 2.36 bits per heavy atom. The molecule has 2 nitrogen and oxygen atoms in total. The van der Waals surface area contributed by atoms with Gasteiger partial charge >= 0.3 is 0 Å². The van der Waals surface area contributed by atoms with Gasteiger partial charge in [-0.15, -0.1) is 0 Å². The number of para-hydroxylation sites is 1. The van der Waals surface area contributed by atoms with E-state index in [1.807, 2.05) is 6.07 Å². The molecule has 0 fully saturated rings. The summed E-state index contributed by atoms with van der Waals surface area (Å²) < 4.78 is 0. The van der Waals surface area contributed by atoms with Crippen molar-refractivity contribution in [3.05, 3.63) is 29.8 Å². The van der Waals surface area contributed by atoms with Gasteiger partial charge in [0.05, 0.1) is 0 Å². The van der Waals surface area contributed by atoms with Gasteiger partial charge in [0.2, 0.25) is 0 Å². The smallest absolute Gasteiger partial charge is 0.0472 e. The normalized spacial score (nSPS) is 10.2. The SMILES string of the molecule is CCN(CC)c1ccccc1CCO. The first-order valence-corrected chi connectivity index (χ1v) is 5.27. The second kappa shape index (κ2) is 5.66. The molecule has 0 aliphatic rings. The van der Waals surface area contributed by atoms with Gasteiger partial charge in [-0.1, -0.05) is 18.2 Å². The van der Waals surface area contributed by atoms with Crippen LogP contribution in [0.2, 0.25) is 0 Å². The zero-order chi connectivity index (χ0) is 10.4. The molecule has 1 aromatic rings. The number of aliphatic hydroxyl groups excluding tert-OH is 1. The van der Waals surface area contributed by atoms with Gasteiger partial charge in [0, 0.05) is 25.4 Å². The van der Waals surface area contributed by atoms with Gasteiger partial charge in [0.1, 0.15) is 0 Å². The fourth-order valence-electron chi connectivity index (χ4n) is 1.72. The summed E-state index contributed by atoms with van der Waals surface area (Å²) in [4.78, 5) is 2.31. The molecule has 0 aliphatic heterocycles. The van der Waals surface area contributed by atoms with E-state index in [0.717, 1.165) is 19.5 Å². The summed E-state index contributed by atoms with van der Waals surface area (Å²) in [5.74, 6) is 0. The monoisotopic (exact) mass is 193 g/mol. The predicted molar refractivity (Wildman–Crippen MR) is 60.8 cm³/mol. The number of nitrogens with zero attached hydrogens (tertiary/aromatic N) is 1. The summed E-state index contributed by atoms with van der Waals surface area (Å²) in [7, 11) is 0. The van der Waals surface area contributed by atoms with Crippen LogP contribution < -0.4 is 4.90 Å². The highest BCUT2D eigenvalue weighted by Gasteiger charge is 2.06. The van der Waals surface area contributed by atoms with E-state index in [9.17, 15) is 0 Å². The molecule has 1 N–H and O–H groups in total. The van der Waals surface area contributed by atoms with Crippen LogP contribution in [0.15, 0.2) is 24.3 Å². The number of aliphatic hydroxyl groups is 1. The second-order valence-corrected chi connectivity index (χ2v) is 3.27. The Labute approximate surface area is 86.2 Å². The Bertz CT molecular complexity index is 269. The van der Waals surface area contributed by atoms with Crippen molar-refractivity contribution in [1.82, 2.24) is 0 Å². The first kappa shape index (κ1) is 11.1. The Hall–Kier alpha value is -1.02. The highest BCUT2D eigenvalue weighted by Crippen LogP contribution is 2.20. The summed E-state index contributed by atoms with van der Waals surface area (Å²) in [5.41, 5.74) is 2.49. The van der Waals surface area contributed by atoms with E-state index in [2.05, 4.69) is 36.9 Å². The number of anilines is 1. The van der Waals surface area contributed by atoms with Gasteiger partial charge < -0.3 is 10.0 Å². The maximum atomic E-state index is 8.95. The lowest BCUT2D eigenvalue weighted by Gasteiger charge is -2.23. The van der Waals surface area contributed by atoms with E-state index in [-0.39, 0.29) is 6.61 Å². The Morgan fingerprint density at radius 1 is 1.14 bits per heavy atom. The Morgan fingerprint density at radius 2 is 1.79 bits per heavy atom. The Kier molecular flexibility index (Phi) is 4.47. The highest BCUT2D eigenvalue weighted by molar-refractivity contribution is 5.53. The van der Waals surface area contributed by atoms with Crippen LogP contribution in [-0.2, 0) is 6.42 Å². The standard InChI is InChI=1S/C12H19NO/c1-3-13(4-2)12-8-6-5-7-11(12)9-10-14/h5-8,14H,3-4,9-10H2,1-2H3. The molecule has 14 heavy (non-hydrogen) atoms. The topological polar surface area (TPSA) is 23.5 Å². The minimum atomic E-state index is 0.221. The van der Waals surface area contributed by atoms with Gasteiger partial charge in [0.25, 0.3) is 0 Å². The minimum absolute atomic E-state index is 0.221. The van der Waals surface area contributed by atoms with Crippen LogP contribution in [0, 0.1) is 0 Å². The molecule has 0 aromatic heterocycles. The number of hydrogen-bond acceptors (Lipinski definition) is 2. The molecule has 2 heteroatoms. The van der Waals surface area contributed by atoms with E-state index >= 15 is 0 Å². The van der Waals surface area contributed by atoms with Gasteiger partial charge in [-0.05, 0) is 31.9 Å².